The summed E-state index contributed by atoms with van der Waals surface area (Å²) >= 11 is 0. The number of Topliss-reactive ketones (excluding diaryl/α,β-unsaturated/α-hetero) is 1. The first-order valence-electron chi connectivity index (χ1n) is 10.7. The van der Waals surface area contributed by atoms with Crippen molar-refractivity contribution in [2.45, 2.75) is 33.7 Å². The molecule has 32 heavy (non-hydrogen) atoms. The molecule has 0 aliphatic carbocycles. The van der Waals surface area contributed by atoms with Crippen LogP contribution in [0.2, 0.25) is 0 Å². The molecule has 3 N–H and O–H groups in total. The SMILES string of the molecule is CC[NH+](CC)CCN1C(=O)C(=O)/C(=C(\O)c2c(C)[nH]c(C(=O)OC)c2C)[C@@H]1c1ccco1. The normalized spacial score (nSPS) is 18.1. The standard InChI is InChI=1S/C23H29N3O6/c1-6-25(7-2)10-11-26-19(15-9-8-12-32-15)17(21(28)22(26)29)20(27)16-13(3)18(23(30)31-5)24-14(16)4/h8-9,12,19,24,27H,6-7,10-11H2,1-5H3/p+1/b20-17-/t19-/m0/s1. The van der Waals surface area contributed by atoms with Gasteiger partial charge in [-0.15, -0.1) is 0 Å². The summed E-state index contributed by atoms with van der Waals surface area (Å²) in [5.74, 6) is -2.00. The molecule has 0 spiro atoms. The number of hydrogen-bond acceptors (Lipinski definition) is 6. The number of hydrogen-bond donors (Lipinski definition) is 3. The summed E-state index contributed by atoms with van der Waals surface area (Å²) in [6, 6.07) is 2.50. The van der Waals surface area contributed by atoms with Crippen LogP contribution in [0, 0.1) is 13.8 Å². The lowest BCUT2D eigenvalue weighted by Gasteiger charge is -2.25. The van der Waals surface area contributed by atoms with Crippen molar-refractivity contribution in [2.24, 2.45) is 0 Å². The Kier molecular flexibility index (Phi) is 6.88. The molecule has 1 fully saturated rings. The molecule has 9 nitrogen and oxygen atoms in total. The van der Waals surface area contributed by atoms with Gasteiger partial charge in [-0.3, -0.25) is 9.59 Å². The molecule has 0 bridgehead atoms. The fourth-order valence-electron chi connectivity index (χ4n) is 4.28. The molecule has 9 heteroatoms. The van der Waals surface area contributed by atoms with Crippen molar-refractivity contribution >= 4 is 23.4 Å². The van der Waals surface area contributed by atoms with E-state index in [1.807, 2.05) is 0 Å². The van der Waals surface area contributed by atoms with E-state index >= 15 is 0 Å². The largest absolute Gasteiger partial charge is 0.507 e. The first kappa shape index (κ1) is 23.3. The number of likely N-dealkylation sites (N-methyl/N-ethyl adjacent to an activating group) is 1. The number of carbonyl (C=O) groups excluding carboxylic acids is 3. The number of aryl methyl sites for hydroxylation is 1. The Labute approximate surface area is 186 Å². The number of H-pyrrole nitrogens is 1. The molecule has 172 valence electrons. The van der Waals surface area contributed by atoms with Gasteiger partial charge in [-0.1, -0.05) is 0 Å². The third kappa shape index (κ3) is 3.95. The number of aromatic amines is 1. The monoisotopic (exact) mass is 444 g/mol. The smallest absolute Gasteiger partial charge is 0.354 e. The Morgan fingerprint density at radius 2 is 1.97 bits per heavy atom. The number of aliphatic hydroxyl groups excluding tert-OH is 1. The second-order valence-corrected chi connectivity index (χ2v) is 7.83. The summed E-state index contributed by atoms with van der Waals surface area (Å²) in [7, 11) is 1.26. The minimum atomic E-state index is -0.852. The van der Waals surface area contributed by atoms with Crippen LogP contribution in [-0.4, -0.2) is 65.9 Å². The topological polar surface area (TPSA) is 117 Å². The van der Waals surface area contributed by atoms with Crippen molar-refractivity contribution in [2.75, 3.05) is 33.3 Å². The summed E-state index contributed by atoms with van der Waals surface area (Å²) < 4.78 is 10.3. The van der Waals surface area contributed by atoms with Crippen LogP contribution in [0.5, 0.6) is 0 Å². The van der Waals surface area contributed by atoms with E-state index in [-0.39, 0.29) is 17.0 Å². The maximum Gasteiger partial charge on any atom is 0.354 e. The molecule has 1 amide bonds. The van der Waals surface area contributed by atoms with E-state index in [0.717, 1.165) is 13.1 Å². The quantitative estimate of drug-likeness (QED) is 0.245. The lowest BCUT2D eigenvalue weighted by molar-refractivity contribution is -0.895. The maximum atomic E-state index is 13.1. The number of nitrogens with zero attached hydrogens (tertiary/aromatic N) is 1. The van der Waals surface area contributed by atoms with Crippen molar-refractivity contribution in [1.29, 1.82) is 0 Å². The fraction of sp³-hybridized carbons (Fsp3) is 0.435. The van der Waals surface area contributed by atoms with Crippen LogP contribution in [-0.2, 0) is 14.3 Å². The highest BCUT2D eigenvalue weighted by Gasteiger charge is 2.48. The highest BCUT2D eigenvalue weighted by molar-refractivity contribution is 6.46. The first-order chi connectivity index (χ1) is 15.3. The zero-order valence-electron chi connectivity index (χ0n) is 19.1. The number of furan rings is 1. The average Bonchev–Trinajstić information content (AvgIpc) is 3.47. The van der Waals surface area contributed by atoms with Crippen LogP contribution in [0.3, 0.4) is 0 Å². The van der Waals surface area contributed by atoms with Crippen LogP contribution < -0.4 is 4.90 Å². The molecule has 1 aliphatic rings. The highest BCUT2D eigenvalue weighted by atomic mass is 16.5. The third-order valence-corrected chi connectivity index (χ3v) is 6.12. The number of aliphatic hydroxyl groups is 1. The summed E-state index contributed by atoms with van der Waals surface area (Å²) in [6.07, 6.45) is 1.47. The van der Waals surface area contributed by atoms with E-state index in [0.29, 0.717) is 35.7 Å². The predicted octanol–water partition coefficient (Wildman–Crippen LogP) is 1.36. The minimum absolute atomic E-state index is 0.0545. The Morgan fingerprint density at radius 3 is 2.53 bits per heavy atom. The van der Waals surface area contributed by atoms with Gasteiger partial charge in [0.2, 0.25) is 0 Å². The van der Waals surface area contributed by atoms with Crippen LogP contribution in [0.1, 0.15) is 53.0 Å². The molecule has 0 saturated carbocycles. The van der Waals surface area contributed by atoms with Gasteiger partial charge >= 0.3 is 5.97 Å². The molecule has 2 aromatic heterocycles. The van der Waals surface area contributed by atoms with Gasteiger partial charge in [-0.2, -0.15) is 0 Å². The number of aromatic nitrogens is 1. The number of likely N-dealkylation sites (tertiary alicyclic amines) is 1. The van der Waals surface area contributed by atoms with Crippen LogP contribution in [0.25, 0.3) is 5.76 Å². The molecule has 0 radical (unpaired) electrons. The molecular formula is C23H30N3O6+. The Hall–Kier alpha value is -3.33. The van der Waals surface area contributed by atoms with Gasteiger partial charge in [0, 0.05) is 11.3 Å². The average molecular weight is 445 g/mol. The van der Waals surface area contributed by atoms with Gasteiger partial charge in [-0.25, -0.2) is 4.79 Å². The number of rotatable bonds is 8. The molecular weight excluding hydrogens is 414 g/mol. The van der Waals surface area contributed by atoms with E-state index in [2.05, 4.69) is 18.8 Å². The second-order valence-electron chi connectivity index (χ2n) is 7.83. The number of nitrogens with one attached hydrogen (secondary N) is 2. The predicted molar refractivity (Wildman–Crippen MR) is 116 cm³/mol. The summed E-state index contributed by atoms with van der Waals surface area (Å²) in [5, 5.41) is 11.3. The summed E-state index contributed by atoms with van der Waals surface area (Å²) in [6.45, 7) is 10.2. The fourth-order valence-corrected chi connectivity index (χ4v) is 4.28. The van der Waals surface area contributed by atoms with Gasteiger partial charge < -0.3 is 29.0 Å². The molecule has 1 saturated heterocycles. The van der Waals surface area contributed by atoms with Gasteiger partial charge in [0.05, 0.1) is 45.1 Å². The molecule has 0 unspecified atom stereocenters. The summed E-state index contributed by atoms with van der Waals surface area (Å²) in [4.78, 5) is 43.8. The maximum absolute atomic E-state index is 13.1. The number of esters is 1. The van der Waals surface area contributed by atoms with Crippen LogP contribution in [0.4, 0.5) is 0 Å². The zero-order valence-corrected chi connectivity index (χ0v) is 19.1. The van der Waals surface area contributed by atoms with Gasteiger partial charge in [0.1, 0.15) is 23.3 Å². The van der Waals surface area contributed by atoms with E-state index in [1.165, 1.54) is 23.2 Å². The van der Waals surface area contributed by atoms with Crippen molar-refractivity contribution < 1.29 is 33.5 Å². The number of amides is 1. The zero-order chi connectivity index (χ0) is 23.6. The molecule has 2 aromatic rings. The third-order valence-electron chi connectivity index (χ3n) is 6.12. The lowest BCUT2D eigenvalue weighted by atomic mass is 9.97. The second kappa shape index (κ2) is 9.44. The first-order valence-corrected chi connectivity index (χ1v) is 10.7. The Bertz CT molecular complexity index is 1050. The molecule has 3 rings (SSSR count). The number of quaternary nitrogens is 1. The van der Waals surface area contributed by atoms with E-state index in [1.54, 1.807) is 26.0 Å². The van der Waals surface area contributed by atoms with E-state index in [4.69, 9.17) is 9.15 Å². The number of ketones is 1. The number of carbonyl (C=O) groups is 3. The van der Waals surface area contributed by atoms with Crippen molar-refractivity contribution in [1.82, 2.24) is 9.88 Å². The van der Waals surface area contributed by atoms with Crippen molar-refractivity contribution in [3.05, 3.63) is 52.2 Å². The van der Waals surface area contributed by atoms with E-state index in [9.17, 15) is 19.5 Å². The lowest BCUT2D eigenvalue weighted by Crippen LogP contribution is -3.12. The molecule has 1 aliphatic heterocycles. The molecule has 1 atom stereocenters. The number of methoxy groups -OCH3 is 1. The summed E-state index contributed by atoms with van der Waals surface area (Å²) in [5.41, 5.74) is 1.34. The molecule has 3 heterocycles. The van der Waals surface area contributed by atoms with Gasteiger partial charge in [0.15, 0.2) is 0 Å². The van der Waals surface area contributed by atoms with Crippen molar-refractivity contribution in [3.8, 4) is 0 Å². The Morgan fingerprint density at radius 1 is 1.28 bits per heavy atom. The van der Waals surface area contributed by atoms with Crippen LogP contribution >= 0.6 is 0 Å². The van der Waals surface area contributed by atoms with Crippen molar-refractivity contribution in [3.63, 3.8) is 0 Å². The van der Waals surface area contributed by atoms with Gasteiger partial charge in [-0.05, 0) is 45.4 Å². The Balaban J connectivity index is 2.12. The highest BCUT2D eigenvalue weighted by Crippen LogP contribution is 2.40. The van der Waals surface area contributed by atoms with E-state index < -0.39 is 23.7 Å². The van der Waals surface area contributed by atoms with Gasteiger partial charge in [0.25, 0.3) is 11.7 Å². The minimum Gasteiger partial charge on any atom is -0.507 e. The molecule has 0 aromatic carbocycles. The number of ether oxygens (including phenoxy) is 1. The van der Waals surface area contributed by atoms with Crippen LogP contribution in [0.15, 0.2) is 28.4 Å².